The molecule has 1 atom stereocenters. The third kappa shape index (κ3) is 4.13. The number of hydrogen-bond acceptors (Lipinski definition) is 3. The summed E-state index contributed by atoms with van der Waals surface area (Å²) in [6.07, 6.45) is 0.0929. The van der Waals surface area contributed by atoms with Gasteiger partial charge in [-0.05, 0) is 36.2 Å². The van der Waals surface area contributed by atoms with E-state index >= 15 is 0 Å². The molecular weight excluding hydrogens is 286 g/mol. The quantitative estimate of drug-likeness (QED) is 0.878. The van der Waals surface area contributed by atoms with Gasteiger partial charge in [-0.2, -0.15) is 0 Å². The number of methoxy groups -OCH3 is 1. The van der Waals surface area contributed by atoms with E-state index in [0.717, 1.165) is 17.0 Å². The van der Waals surface area contributed by atoms with Gasteiger partial charge in [-0.3, -0.25) is 0 Å². The fraction of sp³-hybridized carbons (Fsp3) is 0.294. The van der Waals surface area contributed by atoms with Crippen molar-refractivity contribution in [3.05, 3.63) is 59.1 Å². The summed E-state index contributed by atoms with van der Waals surface area (Å²) in [5.74, 6) is 0.831. The highest BCUT2D eigenvalue weighted by Gasteiger charge is 2.12. The zero-order valence-electron chi connectivity index (χ0n) is 12.3. The number of halogens is 1. The SMILES string of the molecule is COc1ccccc1N(C)CCC(O)c1cccc(Cl)c1. The van der Waals surface area contributed by atoms with E-state index in [1.807, 2.05) is 43.4 Å². The fourth-order valence-corrected chi connectivity index (χ4v) is 2.46. The number of anilines is 1. The summed E-state index contributed by atoms with van der Waals surface area (Å²) in [5.41, 5.74) is 1.86. The lowest BCUT2D eigenvalue weighted by Gasteiger charge is -2.23. The molecular formula is C17H20ClNO2. The maximum absolute atomic E-state index is 10.3. The van der Waals surface area contributed by atoms with Gasteiger partial charge in [0.15, 0.2) is 0 Å². The van der Waals surface area contributed by atoms with Crippen LogP contribution in [-0.4, -0.2) is 25.8 Å². The Morgan fingerprint density at radius 2 is 1.95 bits per heavy atom. The molecule has 3 nitrogen and oxygen atoms in total. The molecule has 0 aliphatic carbocycles. The third-order valence-corrected chi connectivity index (χ3v) is 3.70. The topological polar surface area (TPSA) is 32.7 Å². The summed E-state index contributed by atoms with van der Waals surface area (Å²) in [5, 5.41) is 10.9. The molecule has 1 N–H and O–H groups in total. The smallest absolute Gasteiger partial charge is 0.142 e. The van der Waals surface area contributed by atoms with Crippen molar-refractivity contribution in [2.24, 2.45) is 0 Å². The Morgan fingerprint density at radius 1 is 1.19 bits per heavy atom. The van der Waals surface area contributed by atoms with E-state index in [-0.39, 0.29) is 0 Å². The van der Waals surface area contributed by atoms with Crippen LogP contribution in [0.1, 0.15) is 18.1 Å². The molecule has 0 bridgehead atoms. The van der Waals surface area contributed by atoms with Crippen molar-refractivity contribution in [3.8, 4) is 5.75 Å². The number of benzene rings is 2. The number of ether oxygens (including phenoxy) is 1. The minimum atomic E-state index is -0.527. The summed E-state index contributed by atoms with van der Waals surface area (Å²) in [4.78, 5) is 2.08. The van der Waals surface area contributed by atoms with E-state index in [4.69, 9.17) is 16.3 Å². The van der Waals surface area contributed by atoms with Crippen molar-refractivity contribution < 1.29 is 9.84 Å². The molecule has 0 aromatic heterocycles. The number of aliphatic hydroxyl groups is 1. The van der Waals surface area contributed by atoms with Crippen molar-refractivity contribution in [3.63, 3.8) is 0 Å². The van der Waals surface area contributed by atoms with Crippen LogP contribution in [-0.2, 0) is 0 Å². The first-order valence-corrected chi connectivity index (χ1v) is 7.27. The van der Waals surface area contributed by atoms with Crippen molar-refractivity contribution in [1.29, 1.82) is 0 Å². The first kappa shape index (κ1) is 15.7. The fourth-order valence-electron chi connectivity index (χ4n) is 2.26. The summed E-state index contributed by atoms with van der Waals surface area (Å²) >= 11 is 5.95. The number of para-hydroxylation sites is 2. The molecule has 4 heteroatoms. The third-order valence-electron chi connectivity index (χ3n) is 3.47. The molecule has 0 radical (unpaired) electrons. The average Bonchev–Trinajstić information content (AvgIpc) is 2.52. The molecule has 1 unspecified atom stereocenters. The van der Waals surface area contributed by atoms with E-state index in [1.54, 1.807) is 19.2 Å². The average molecular weight is 306 g/mol. The van der Waals surface area contributed by atoms with Crippen molar-refractivity contribution in [1.82, 2.24) is 0 Å². The molecule has 0 amide bonds. The van der Waals surface area contributed by atoms with Crippen LogP contribution in [0.5, 0.6) is 5.75 Å². The lowest BCUT2D eigenvalue weighted by molar-refractivity contribution is 0.170. The van der Waals surface area contributed by atoms with E-state index in [2.05, 4.69) is 4.90 Å². The van der Waals surface area contributed by atoms with Gasteiger partial charge in [-0.15, -0.1) is 0 Å². The number of nitrogens with zero attached hydrogens (tertiary/aromatic N) is 1. The molecule has 2 rings (SSSR count). The molecule has 0 aliphatic rings. The van der Waals surface area contributed by atoms with Gasteiger partial charge in [0, 0.05) is 18.6 Å². The molecule has 0 fully saturated rings. The molecule has 0 aliphatic heterocycles. The number of hydrogen-bond donors (Lipinski definition) is 1. The van der Waals surface area contributed by atoms with Gasteiger partial charge < -0.3 is 14.7 Å². The zero-order valence-corrected chi connectivity index (χ0v) is 13.0. The van der Waals surface area contributed by atoms with Crippen LogP contribution >= 0.6 is 11.6 Å². The molecule has 0 heterocycles. The predicted octanol–water partition coefficient (Wildman–Crippen LogP) is 3.91. The van der Waals surface area contributed by atoms with E-state index in [9.17, 15) is 5.11 Å². The van der Waals surface area contributed by atoms with Gasteiger partial charge in [0.05, 0.1) is 18.9 Å². The van der Waals surface area contributed by atoms with Gasteiger partial charge in [0.1, 0.15) is 5.75 Å². The highest BCUT2D eigenvalue weighted by Crippen LogP contribution is 2.28. The summed E-state index contributed by atoms with van der Waals surface area (Å²) in [6, 6.07) is 15.2. The normalized spacial score (nSPS) is 12.0. The van der Waals surface area contributed by atoms with E-state index < -0.39 is 6.10 Å². The number of rotatable bonds is 6. The second-order valence-corrected chi connectivity index (χ2v) is 5.39. The van der Waals surface area contributed by atoms with Crippen LogP contribution in [0, 0.1) is 0 Å². The standard InChI is InChI=1S/C17H20ClNO2/c1-19(15-8-3-4-9-17(15)21-2)11-10-16(20)13-6-5-7-14(18)12-13/h3-9,12,16,20H,10-11H2,1-2H3. The van der Waals surface area contributed by atoms with Crippen molar-refractivity contribution in [2.75, 3.05) is 25.6 Å². The monoisotopic (exact) mass is 305 g/mol. The Hall–Kier alpha value is -1.71. The summed E-state index contributed by atoms with van der Waals surface area (Å²) in [6.45, 7) is 0.716. The number of aliphatic hydroxyl groups excluding tert-OH is 1. The Bertz CT molecular complexity index is 589. The Kier molecular flexibility index (Phi) is 5.48. The molecule has 2 aromatic rings. The highest BCUT2D eigenvalue weighted by molar-refractivity contribution is 6.30. The minimum Gasteiger partial charge on any atom is -0.495 e. The maximum atomic E-state index is 10.3. The van der Waals surface area contributed by atoms with Gasteiger partial charge in [0.25, 0.3) is 0 Å². The lowest BCUT2D eigenvalue weighted by atomic mass is 10.1. The molecule has 0 saturated heterocycles. The Morgan fingerprint density at radius 3 is 2.67 bits per heavy atom. The highest BCUT2D eigenvalue weighted by atomic mass is 35.5. The van der Waals surface area contributed by atoms with Crippen LogP contribution in [0.25, 0.3) is 0 Å². The van der Waals surface area contributed by atoms with Crippen molar-refractivity contribution in [2.45, 2.75) is 12.5 Å². The van der Waals surface area contributed by atoms with Crippen LogP contribution in [0.15, 0.2) is 48.5 Å². The molecule has 21 heavy (non-hydrogen) atoms. The predicted molar refractivity (Wildman–Crippen MR) is 87.3 cm³/mol. The minimum absolute atomic E-state index is 0.527. The van der Waals surface area contributed by atoms with E-state index in [1.165, 1.54) is 0 Å². The maximum Gasteiger partial charge on any atom is 0.142 e. The van der Waals surface area contributed by atoms with E-state index in [0.29, 0.717) is 18.0 Å². The second kappa shape index (κ2) is 7.34. The van der Waals surface area contributed by atoms with Gasteiger partial charge >= 0.3 is 0 Å². The van der Waals surface area contributed by atoms with Crippen LogP contribution in [0.3, 0.4) is 0 Å². The largest absolute Gasteiger partial charge is 0.495 e. The zero-order chi connectivity index (χ0) is 15.2. The Balaban J connectivity index is 1.99. The van der Waals surface area contributed by atoms with Gasteiger partial charge in [-0.1, -0.05) is 35.9 Å². The second-order valence-electron chi connectivity index (χ2n) is 4.95. The van der Waals surface area contributed by atoms with Crippen molar-refractivity contribution >= 4 is 17.3 Å². The molecule has 112 valence electrons. The first-order chi connectivity index (χ1) is 10.1. The summed E-state index contributed by atoms with van der Waals surface area (Å²) in [7, 11) is 3.65. The molecule has 0 spiro atoms. The first-order valence-electron chi connectivity index (χ1n) is 6.89. The van der Waals surface area contributed by atoms with Crippen LogP contribution in [0.4, 0.5) is 5.69 Å². The summed E-state index contributed by atoms with van der Waals surface area (Å²) < 4.78 is 5.35. The van der Waals surface area contributed by atoms with Gasteiger partial charge in [0.2, 0.25) is 0 Å². The Labute approximate surface area is 130 Å². The van der Waals surface area contributed by atoms with Crippen LogP contribution in [0.2, 0.25) is 5.02 Å². The molecule has 2 aromatic carbocycles. The van der Waals surface area contributed by atoms with Gasteiger partial charge in [-0.25, -0.2) is 0 Å². The lowest BCUT2D eigenvalue weighted by Crippen LogP contribution is -2.21. The molecule has 0 saturated carbocycles. The van der Waals surface area contributed by atoms with Crippen LogP contribution < -0.4 is 9.64 Å².